The SMILES string of the molecule is NC1CCCc2nc(-c3ccc(O)cc3F)sc21. The summed E-state index contributed by atoms with van der Waals surface area (Å²) in [5.41, 5.74) is 7.47. The number of hydrogen-bond donors (Lipinski definition) is 2. The van der Waals surface area contributed by atoms with Crippen LogP contribution >= 0.6 is 11.3 Å². The number of aromatic nitrogens is 1. The van der Waals surface area contributed by atoms with E-state index in [1.165, 1.54) is 17.4 Å². The number of fused-ring (bicyclic) bond motifs is 1. The van der Waals surface area contributed by atoms with E-state index in [9.17, 15) is 9.50 Å². The molecule has 0 spiro atoms. The van der Waals surface area contributed by atoms with Gasteiger partial charge in [-0.15, -0.1) is 11.3 Å². The number of hydrogen-bond acceptors (Lipinski definition) is 4. The quantitative estimate of drug-likeness (QED) is 0.832. The van der Waals surface area contributed by atoms with Crippen molar-refractivity contribution in [2.45, 2.75) is 25.3 Å². The molecule has 1 atom stereocenters. The van der Waals surface area contributed by atoms with Crippen molar-refractivity contribution in [1.82, 2.24) is 4.98 Å². The molecule has 94 valence electrons. The first-order chi connectivity index (χ1) is 8.65. The number of nitrogens with two attached hydrogens (primary N) is 1. The molecule has 3 rings (SSSR count). The second-order valence-corrected chi connectivity index (χ2v) is 5.52. The van der Waals surface area contributed by atoms with Crippen LogP contribution in [0.2, 0.25) is 0 Å². The molecule has 18 heavy (non-hydrogen) atoms. The summed E-state index contributed by atoms with van der Waals surface area (Å²) in [6.45, 7) is 0. The lowest BCUT2D eigenvalue weighted by molar-refractivity contribution is 0.469. The summed E-state index contributed by atoms with van der Waals surface area (Å²) in [5, 5.41) is 9.86. The van der Waals surface area contributed by atoms with E-state index in [1.807, 2.05) is 0 Å². The van der Waals surface area contributed by atoms with E-state index >= 15 is 0 Å². The van der Waals surface area contributed by atoms with Gasteiger partial charge < -0.3 is 10.8 Å². The molecule has 0 saturated heterocycles. The van der Waals surface area contributed by atoms with Crippen LogP contribution in [-0.4, -0.2) is 10.1 Å². The van der Waals surface area contributed by atoms with Gasteiger partial charge in [0.05, 0.1) is 5.69 Å². The first kappa shape index (κ1) is 11.6. The molecule has 0 bridgehead atoms. The maximum atomic E-state index is 13.8. The van der Waals surface area contributed by atoms with Gasteiger partial charge in [0, 0.05) is 22.5 Å². The molecule has 1 heterocycles. The molecule has 1 aromatic heterocycles. The average molecular weight is 264 g/mol. The van der Waals surface area contributed by atoms with Crippen molar-refractivity contribution >= 4 is 11.3 Å². The molecule has 0 aliphatic heterocycles. The molecule has 0 fully saturated rings. The highest BCUT2D eigenvalue weighted by molar-refractivity contribution is 7.15. The van der Waals surface area contributed by atoms with Crippen molar-refractivity contribution in [2.75, 3.05) is 0 Å². The van der Waals surface area contributed by atoms with Crippen LogP contribution in [0.1, 0.15) is 29.5 Å². The number of thiazole rings is 1. The Morgan fingerprint density at radius 2 is 2.28 bits per heavy atom. The van der Waals surface area contributed by atoms with Crippen molar-refractivity contribution in [3.63, 3.8) is 0 Å². The smallest absolute Gasteiger partial charge is 0.137 e. The Hall–Kier alpha value is -1.46. The van der Waals surface area contributed by atoms with Crippen molar-refractivity contribution in [2.24, 2.45) is 5.73 Å². The lowest BCUT2D eigenvalue weighted by Gasteiger charge is -2.15. The Morgan fingerprint density at radius 1 is 1.44 bits per heavy atom. The van der Waals surface area contributed by atoms with Gasteiger partial charge in [-0.25, -0.2) is 9.37 Å². The molecule has 1 aromatic carbocycles. The molecule has 0 saturated carbocycles. The molecule has 5 heteroatoms. The van der Waals surface area contributed by atoms with Gasteiger partial charge in [-0.2, -0.15) is 0 Å². The summed E-state index contributed by atoms with van der Waals surface area (Å²) in [6.07, 6.45) is 2.92. The van der Waals surface area contributed by atoms with Gasteiger partial charge in [0.1, 0.15) is 16.6 Å². The maximum absolute atomic E-state index is 13.8. The third-order valence-corrected chi connectivity index (χ3v) is 4.44. The minimum absolute atomic E-state index is 0.0279. The molecule has 3 N–H and O–H groups in total. The van der Waals surface area contributed by atoms with Crippen LogP contribution in [0.4, 0.5) is 4.39 Å². The lowest BCUT2D eigenvalue weighted by atomic mass is 9.99. The van der Waals surface area contributed by atoms with Gasteiger partial charge in [0.2, 0.25) is 0 Å². The number of phenolic OH excluding ortho intramolecular Hbond substituents is 1. The highest BCUT2D eigenvalue weighted by atomic mass is 32.1. The van der Waals surface area contributed by atoms with Crippen LogP contribution in [0, 0.1) is 5.82 Å². The van der Waals surface area contributed by atoms with Crippen LogP contribution < -0.4 is 5.73 Å². The van der Waals surface area contributed by atoms with Gasteiger partial charge in [-0.3, -0.25) is 0 Å². The van der Waals surface area contributed by atoms with Gasteiger partial charge in [-0.1, -0.05) is 0 Å². The summed E-state index contributed by atoms with van der Waals surface area (Å²) in [5.74, 6) is -0.524. The van der Waals surface area contributed by atoms with Crippen molar-refractivity contribution in [3.8, 4) is 16.3 Å². The zero-order valence-electron chi connectivity index (χ0n) is 9.69. The first-order valence-electron chi connectivity index (χ1n) is 5.89. The topological polar surface area (TPSA) is 59.1 Å². The Morgan fingerprint density at radius 3 is 3.00 bits per heavy atom. The Balaban J connectivity index is 2.07. The van der Waals surface area contributed by atoms with Crippen LogP contribution in [0.25, 0.3) is 10.6 Å². The fourth-order valence-corrected chi connectivity index (χ4v) is 3.42. The molecule has 0 amide bonds. The Bertz CT molecular complexity index is 597. The zero-order valence-corrected chi connectivity index (χ0v) is 10.5. The fraction of sp³-hybridized carbons (Fsp3) is 0.308. The highest BCUT2D eigenvalue weighted by Crippen LogP contribution is 2.37. The van der Waals surface area contributed by atoms with Crippen LogP contribution in [0.5, 0.6) is 5.75 Å². The molecular weight excluding hydrogens is 251 g/mol. The highest BCUT2D eigenvalue weighted by Gasteiger charge is 2.23. The summed E-state index contributed by atoms with van der Waals surface area (Å²) >= 11 is 1.46. The number of rotatable bonds is 1. The van der Waals surface area contributed by atoms with Crippen LogP contribution in [0.3, 0.4) is 0 Å². The van der Waals surface area contributed by atoms with Gasteiger partial charge >= 0.3 is 0 Å². The van der Waals surface area contributed by atoms with Gasteiger partial charge in [0.15, 0.2) is 0 Å². The van der Waals surface area contributed by atoms with Crippen LogP contribution in [0.15, 0.2) is 18.2 Å². The predicted molar refractivity (Wildman–Crippen MR) is 69.0 cm³/mol. The second kappa shape index (κ2) is 4.33. The number of aryl methyl sites for hydroxylation is 1. The minimum atomic E-state index is -0.449. The molecule has 0 radical (unpaired) electrons. The summed E-state index contributed by atoms with van der Waals surface area (Å²) in [6, 6.07) is 4.16. The first-order valence-corrected chi connectivity index (χ1v) is 6.71. The predicted octanol–water partition coefficient (Wildman–Crippen LogP) is 2.99. The third-order valence-electron chi connectivity index (χ3n) is 3.18. The van der Waals surface area contributed by atoms with Gasteiger partial charge in [-0.05, 0) is 31.4 Å². The molecule has 2 aromatic rings. The van der Waals surface area contributed by atoms with E-state index in [0.29, 0.717) is 10.6 Å². The molecule has 3 nitrogen and oxygen atoms in total. The van der Waals surface area contributed by atoms with Gasteiger partial charge in [0.25, 0.3) is 0 Å². The summed E-state index contributed by atoms with van der Waals surface area (Å²) < 4.78 is 13.8. The normalized spacial score (nSPS) is 18.7. The average Bonchev–Trinajstić information content (AvgIpc) is 2.74. The Labute approximate surface area is 108 Å². The summed E-state index contributed by atoms with van der Waals surface area (Å²) in [7, 11) is 0. The monoisotopic (exact) mass is 264 g/mol. The van der Waals surface area contributed by atoms with E-state index in [0.717, 1.165) is 35.9 Å². The number of aromatic hydroxyl groups is 1. The number of nitrogens with zero attached hydrogens (tertiary/aromatic N) is 1. The third kappa shape index (κ3) is 1.89. The number of benzene rings is 1. The van der Waals surface area contributed by atoms with E-state index in [1.54, 1.807) is 6.07 Å². The number of halogens is 1. The minimum Gasteiger partial charge on any atom is -0.508 e. The van der Waals surface area contributed by atoms with E-state index in [-0.39, 0.29) is 11.8 Å². The lowest BCUT2D eigenvalue weighted by Crippen LogP contribution is -2.15. The van der Waals surface area contributed by atoms with Crippen molar-refractivity contribution < 1.29 is 9.50 Å². The van der Waals surface area contributed by atoms with E-state index in [2.05, 4.69) is 4.98 Å². The second-order valence-electron chi connectivity index (χ2n) is 4.49. The largest absolute Gasteiger partial charge is 0.508 e. The molecular formula is C13H13FN2OS. The zero-order chi connectivity index (χ0) is 12.7. The Kier molecular flexibility index (Phi) is 2.80. The van der Waals surface area contributed by atoms with E-state index in [4.69, 9.17) is 5.73 Å². The van der Waals surface area contributed by atoms with Crippen molar-refractivity contribution in [3.05, 3.63) is 34.6 Å². The summed E-state index contributed by atoms with van der Waals surface area (Å²) in [4.78, 5) is 5.55. The fourth-order valence-electron chi connectivity index (χ4n) is 2.25. The standard InChI is InChI=1S/C13H13FN2OS/c14-9-6-7(17)4-5-8(9)13-16-11-3-1-2-10(15)12(11)18-13/h4-6,10,17H,1-3,15H2. The molecule has 1 aliphatic carbocycles. The van der Waals surface area contributed by atoms with Crippen LogP contribution in [-0.2, 0) is 6.42 Å². The van der Waals surface area contributed by atoms with E-state index < -0.39 is 5.82 Å². The molecule has 1 unspecified atom stereocenters. The number of phenols is 1. The molecule has 1 aliphatic rings. The van der Waals surface area contributed by atoms with Crippen molar-refractivity contribution in [1.29, 1.82) is 0 Å². The maximum Gasteiger partial charge on any atom is 0.137 e.